The molecular weight excluding hydrogens is 229 g/mol. The maximum Gasteiger partial charge on any atom is 0.123 e. The van der Waals surface area contributed by atoms with E-state index in [4.69, 9.17) is 5.73 Å². The molecule has 0 aliphatic rings. The fraction of sp³-hybridized carbons (Fsp3) is 0.571. The van der Waals surface area contributed by atoms with Gasteiger partial charge in [-0.15, -0.1) is 0 Å². The third-order valence-electron chi connectivity index (χ3n) is 3.05. The summed E-state index contributed by atoms with van der Waals surface area (Å²) in [6, 6.07) is 6.43. The van der Waals surface area contributed by atoms with E-state index in [9.17, 15) is 4.39 Å². The second kappa shape index (κ2) is 7.46. The van der Waals surface area contributed by atoms with Gasteiger partial charge in [0, 0.05) is 19.1 Å². The molecule has 0 aliphatic heterocycles. The Morgan fingerprint density at radius 3 is 2.22 bits per heavy atom. The topological polar surface area (TPSA) is 32.5 Å². The van der Waals surface area contributed by atoms with Gasteiger partial charge in [0.05, 0.1) is 0 Å². The molecule has 0 saturated heterocycles. The van der Waals surface area contributed by atoms with Gasteiger partial charge in [0.1, 0.15) is 5.82 Å². The van der Waals surface area contributed by atoms with Crippen molar-refractivity contribution in [2.45, 2.75) is 12.5 Å². The van der Waals surface area contributed by atoms with Gasteiger partial charge in [0.2, 0.25) is 0 Å². The lowest BCUT2D eigenvalue weighted by atomic mass is 10.0. The van der Waals surface area contributed by atoms with E-state index in [1.54, 1.807) is 12.1 Å². The van der Waals surface area contributed by atoms with E-state index >= 15 is 0 Å². The molecule has 0 radical (unpaired) electrons. The first-order valence-corrected chi connectivity index (χ1v) is 6.33. The molecule has 4 heteroatoms. The number of rotatable bonds is 7. The molecular formula is C14H24FN3. The molecule has 2 N–H and O–H groups in total. The Morgan fingerprint density at radius 1 is 1.06 bits per heavy atom. The van der Waals surface area contributed by atoms with Crippen molar-refractivity contribution in [1.29, 1.82) is 0 Å². The number of benzene rings is 1. The summed E-state index contributed by atoms with van der Waals surface area (Å²) in [6.45, 7) is 3.03. The van der Waals surface area contributed by atoms with Gasteiger partial charge in [0.25, 0.3) is 0 Å². The van der Waals surface area contributed by atoms with Crippen molar-refractivity contribution >= 4 is 0 Å². The first-order chi connectivity index (χ1) is 8.49. The SMILES string of the molecule is CN(C)CCN(C)CCC(N)c1ccc(F)cc1. The lowest BCUT2D eigenvalue weighted by molar-refractivity contribution is 0.274. The second-order valence-corrected chi connectivity index (χ2v) is 5.05. The standard InChI is InChI=1S/C14H24FN3/c1-17(2)10-11-18(3)9-8-14(16)12-4-6-13(15)7-5-12/h4-7,14H,8-11,16H2,1-3H3. The van der Waals surface area contributed by atoms with Crippen molar-refractivity contribution in [1.82, 2.24) is 9.80 Å². The van der Waals surface area contributed by atoms with Gasteiger partial charge in [-0.1, -0.05) is 12.1 Å². The van der Waals surface area contributed by atoms with Gasteiger partial charge in [-0.3, -0.25) is 0 Å². The van der Waals surface area contributed by atoms with Crippen LogP contribution >= 0.6 is 0 Å². The Bertz CT molecular complexity index is 337. The van der Waals surface area contributed by atoms with Crippen LogP contribution in [0.3, 0.4) is 0 Å². The van der Waals surface area contributed by atoms with Crippen LogP contribution in [0.2, 0.25) is 0 Å². The predicted molar refractivity (Wildman–Crippen MR) is 74.0 cm³/mol. The Kier molecular flexibility index (Phi) is 6.25. The largest absolute Gasteiger partial charge is 0.324 e. The number of likely N-dealkylation sites (N-methyl/N-ethyl adjacent to an activating group) is 2. The molecule has 1 unspecified atom stereocenters. The highest BCUT2D eigenvalue weighted by Gasteiger charge is 2.07. The minimum atomic E-state index is -0.214. The number of hydrogen-bond acceptors (Lipinski definition) is 3. The van der Waals surface area contributed by atoms with Crippen LogP contribution in [0, 0.1) is 5.82 Å². The van der Waals surface area contributed by atoms with Gasteiger partial charge in [-0.2, -0.15) is 0 Å². The first-order valence-electron chi connectivity index (χ1n) is 6.33. The lowest BCUT2D eigenvalue weighted by Gasteiger charge is -2.21. The molecule has 0 aromatic heterocycles. The van der Waals surface area contributed by atoms with Gasteiger partial charge in [-0.25, -0.2) is 4.39 Å². The van der Waals surface area contributed by atoms with E-state index in [2.05, 4.69) is 30.9 Å². The van der Waals surface area contributed by atoms with Crippen molar-refractivity contribution in [2.75, 3.05) is 40.8 Å². The van der Waals surface area contributed by atoms with Crippen LogP contribution < -0.4 is 5.73 Å². The molecule has 0 fully saturated rings. The summed E-state index contributed by atoms with van der Waals surface area (Å²) in [5.74, 6) is -0.214. The third kappa shape index (κ3) is 5.58. The van der Waals surface area contributed by atoms with E-state index in [1.165, 1.54) is 12.1 Å². The number of nitrogens with zero attached hydrogens (tertiary/aromatic N) is 2. The van der Waals surface area contributed by atoms with Crippen molar-refractivity contribution in [3.8, 4) is 0 Å². The van der Waals surface area contributed by atoms with E-state index in [0.29, 0.717) is 0 Å². The molecule has 0 aliphatic carbocycles. The molecule has 0 heterocycles. The summed E-state index contributed by atoms with van der Waals surface area (Å²) in [6.07, 6.45) is 0.884. The zero-order valence-corrected chi connectivity index (χ0v) is 11.6. The summed E-state index contributed by atoms with van der Waals surface area (Å²) >= 11 is 0. The Labute approximate surface area is 109 Å². The highest BCUT2D eigenvalue weighted by Crippen LogP contribution is 2.14. The number of nitrogens with two attached hydrogens (primary N) is 1. The maximum atomic E-state index is 12.8. The number of hydrogen-bond donors (Lipinski definition) is 1. The van der Waals surface area contributed by atoms with Gasteiger partial charge in [-0.05, 0) is 51.8 Å². The fourth-order valence-corrected chi connectivity index (χ4v) is 1.72. The highest BCUT2D eigenvalue weighted by atomic mass is 19.1. The van der Waals surface area contributed by atoms with Gasteiger partial charge in [0.15, 0.2) is 0 Å². The Balaban J connectivity index is 2.32. The molecule has 102 valence electrons. The monoisotopic (exact) mass is 253 g/mol. The Morgan fingerprint density at radius 2 is 1.67 bits per heavy atom. The normalized spacial score (nSPS) is 13.3. The van der Waals surface area contributed by atoms with Crippen LogP contribution in [-0.2, 0) is 0 Å². The molecule has 1 aromatic rings. The van der Waals surface area contributed by atoms with Crippen LogP contribution in [0.25, 0.3) is 0 Å². The highest BCUT2D eigenvalue weighted by molar-refractivity contribution is 5.19. The van der Waals surface area contributed by atoms with E-state index in [-0.39, 0.29) is 11.9 Å². The van der Waals surface area contributed by atoms with Crippen molar-refractivity contribution < 1.29 is 4.39 Å². The van der Waals surface area contributed by atoms with Crippen molar-refractivity contribution in [3.05, 3.63) is 35.6 Å². The number of halogens is 1. The van der Waals surface area contributed by atoms with Gasteiger partial charge >= 0.3 is 0 Å². The molecule has 1 aromatic carbocycles. The molecule has 0 spiro atoms. The molecule has 1 rings (SSSR count). The summed E-state index contributed by atoms with van der Waals surface area (Å²) in [7, 11) is 6.23. The molecule has 3 nitrogen and oxygen atoms in total. The average molecular weight is 253 g/mol. The van der Waals surface area contributed by atoms with Crippen LogP contribution in [-0.4, -0.2) is 50.6 Å². The minimum absolute atomic E-state index is 0.0209. The third-order valence-corrected chi connectivity index (χ3v) is 3.05. The molecule has 18 heavy (non-hydrogen) atoms. The smallest absolute Gasteiger partial charge is 0.123 e. The zero-order chi connectivity index (χ0) is 13.5. The molecule has 0 bridgehead atoms. The summed E-state index contributed by atoms with van der Waals surface area (Å²) in [5, 5.41) is 0. The van der Waals surface area contributed by atoms with Gasteiger partial charge < -0.3 is 15.5 Å². The van der Waals surface area contributed by atoms with Crippen LogP contribution in [0.5, 0.6) is 0 Å². The molecule has 0 amide bonds. The maximum absolute atomic E-state index is 12.8. The van der Waals surface area contributed by atoms with E-state index < -0.39 is 0 Å². The minimum Gasteiger partial charge on any atom is -0.324 e. The lowest BCUT2D eigenvalue weighted by Crippen LogP contribution is -2.30. The second-order valence-electron chi connectivity index (χ2n) is 5.05. The van der Waals surface area contributed by atoms with Crippen molar-refractivity contribution in [3.63, 3.8) is 0 Å². The summed E-state index contributed by atoms with van der Waals surface area (Å²) in [5.41, 5.74) is 7.09. The van der Waals surface area contributed by atoms with E-state index in [0.717, 1.165) is 31.6 Å². The van der Waals surface area contributed by atoms with Crippen LogP contribution in [0.1, 0.15) is 18.0 Å². The fourth-order valence-electron chi connectivity index (χ4n) is 1.72. The zero-order valence-electron chi connectivity index (χ0n) is 11.6. The van der Waals surface area contributed by atoms with Crippen LogP contribution in [0.4, 0.5) is 4.39 Å². The summed E-state index contributed by atoms with van der Waals surface area (Å²) < 4.78 is 12.8. The Hall–Kier alpha value is -0.970. The average Bonchev–Trinajstić information content (AvgIpc) is 2.34. The molecule has 0 saturated carbocycles. The predicted octanol–water partition coefficient (Wildman–Crippen LogP) is 1.71. The first kappa shape index (κ1) is 15.1. The van der Waals surface area contributed by atoms with Crippen LogP contribution in [0.15, 0.2) is 24.3 Å². The quantitative estimate of drug-likeness (QED) is 0.803. The molecule has 1 atom stereocenters. The van der Waals surface area contributed by atoms with Crippen molar-refractivity contribution in [2.24, 2.45) is 5.73 Å². The summed E-state index contributed by atoms with van der Waals surface area (Å²) in [4.78, 5) is 4.43. The van der Waals surface area contributed by atoms with E-state index in [1.807, 2.05) is 0 Å².